The summed E-state index contributed by atoms with van der Waals surface area (Å²) in [5.41, 5.74) is -0.478. The van der Waals surface area contributed by atoms with E-state index in [4.69, 9.17) is 14.2 Å². The maximum atomic E-state index is 14.3. The van der Waals surface area contributed by atoms with Crippen LogP contribution in [0.4, 0.5) is 8.78 Å². The topological polar surface area (TPSA) is 48.0 Å². The molecule has 3 rings (SSSR count). The molecule has 31 heavy (non-hydrogen) atoms. The Bertz CT molecular complexity index is 961. The van der Waals surface area contributed by atoms with Crippen molar-refractivity contribution in [3.05, 3.63) is 65.2 Å². The van der Waals surface area contributed by atoms with Gasteiger partial charge in [0.1, 0.15) is 6.61 Å². The van der Waals surface area contributed by atoms with E-state index in [2.05, 4.69) is 16.7 Å². The molecule has 1 heterocycles. The van der Waals surface area contributed by atoms with Gasteiger partial charge in [-0.2, -0.15) is 4.39 Å². The zero-order valence-corrected chi connectivity index (χ0v) is 17.6. The van der Waals surface area contributed by atoms with Crippen molar-refractivity contribution in [2.45, 2.75) is 19.4 Å². The number of rotatable bonds is 6. The summed E-state index contributed by atoms with van der Waals surface area (Å²) in [6, 6.07) is 11.2. The highest BCUT2D eigenvalue weighted by atomic mass is 19.2. The molecule has 1 aliphatic rings. The highest BCUT2D eigenvalue weighted by Crippen LogP contribution is 2.26. The Labute approximate surface area is 180 Å². The van der Waals surface area contributed by atoms with Crippen LogP contribution in [0.25, 0.3) is 0 Å². The third-order valence-electron chi connectivity index (χ3n) is 4.62. The first-order valence-corrected chi connectivity index (χ1v) is 10.1. The average Bonchev–Trinajstić information content (AvgIpc) is 2.76. The molecule has 0 aromatic heterocycles. The normalized spacial score (nSPS) is 14.5. The second kappa shape index (κ2) is 10.4. The van der Waals surface area contributed by atoms with E-state index in [0.29, 0.717) is 19.8 Å². The lowest BCUT2D eigenvalue weighted by Gasteiger charge is -2.26. The van der Waals surface area contributed by atoms with Crippen molar-refractivity contribution in [2.24, 2.45) is 0 Å². The average molecular weight is 429 g/mol. The third-order valence-corrected chi connectivity index (χ3v) is 4.62. The Kier molecular flexibility index (Phi) is 7.61. The number of carbonyl (C=O) groups excluding carboxylic acids is 1. The molecule has 0 aliphatic carbocycles. The standard InChI is InChI=1S/C24H25F2NO4/c1-24(2,9-8-18-6-4-3-5-7-18)31-21-17-19(16-20(25)22(21)26)23(28)30-15-12-27-10-13-29-14-11-27/h3-7,16-17H,10-15H2,1-2H3. The van der Waals surface area contributed by atoms with Gasteiger partial charge in [0.15, 0.2) is 17.2 Å². The van der Waals surface area contributed by atoms with Crippen LogP contribution in [-0.2, 0) is 9.47 Å². The largest absolute Gasteiger partial charge is 0.472 e. The number of morpholine rings is 1. The highest BCUT2D eigenvalue weighted by Gasteiger charge is 2.23. The van der Waals surface area contributed by atoms with Crippen LogP contribution in [-0.4, -0.2) is 55.9 Å². The van der Waals surface area contributed by atoms with Crippen LogP contribution in [0.5, 0.6) is 5.75 Å². The van der Waals surface area contributed by atoms with Gasteiger partial charge in [0.05, 0.1) is 18.8 Å². The smallest absolute Gasteiger partial charge is 0.338 e. The molecular formula is C24H25F2NO4. The maximum Gasteiger partial charge on any atom is 0.338 e. The Morgan fingerprint density at radius 3 is 2.58 bits per heavy atom. The molecule has 1 aliphatic heterocycles. The number of halogens is 2. The Hall–Kier alpha value is -2.95. The molecule has 0 saturated carbocycles. The lowest BCUT2D eigenvalue weighted by molar-refractivity contribution is 0.0195. The summed E-state index contributed by atoms with van der Waals surface area (Å²) >= 11 is 0. The second-order valence-electron chi connectivity index (χ2n) is 7.59. The molecule has 164 valence electrons. The second-order valence-corrected chi connectivity index (χ2v) is 7.59. The molecule has 0 spiro atoms. The zero-order chi connectivity index (χ0) is 22.3. The number of esters is 1. The minimum Gasteiger partial charge on any atom is -0.472 e. The van der Waals surface area contributed by atoms with Gasteiger partial charge in [-0.3, -0.25) is 4.90 Å². The van der Waals surface area contributed by atoms with E-state index in [1.165, 1.54) is 0 Å². The third kappa shape index (κ3) is 6.78. The van der Waals surface area contributed by atoms with Gasteiger partial charge in [0.25, 0.3) is 0 Å². The molecule has 7 heteroatoms. The molecule has 1 saturated heterocycles. The molecule has 0 radical (unpaired) electrons. The summed E-state index contributed by atoms with van der Waals surface area (Å²) in [5, 5.41) is 0. The van der Waals surface area contributed by atoms with Gasteiger partial charge in [-0.05, 0) is 38.1 Å². The van der Waals surface area contributed by atoms with Crippen LogP contribution in [0.2, 0.25) is 0 Å². The van der Waals surface area contributed by atoms with Crippen LogP contribution in [0.15, 0.2) is 42.5 Å². The highest BCUT2D eigenvalue weighted by molar-refractivity contribution is 5.90. The molecule has 0 bridgehead atoms. The number of ether oxygens (including phenoxy) is 3. The predicted octanol–water partition coefficient (Wildman–Crippen LogP) is 3.66. The van der Waals surface area contributed by atoms with Crippen molar-refractivity contribution in [1.29, 1.82) is 0 Å². The molecule has 5 nitrogen and oxygen atoms in total. The van der Waals surface area contributed by atoms with Crippen molar-refractivity contribution in [3.63, 3.8) is 0 Å². The summed E-state index contributed by atoms with van der Waals surface area (Å²) in [4.78, 5) is 14.4. The van der Waals surface area contributed by atoms with Gasteiger partial charge in [-0.15, -0.1) is 0 Å². The molecule has 0 atom stereocenters. The number of carbonyl (C=O) groups is 1. The first kappa shape index (κ1) is 22.7. The minimum atomic E-state index is -1.19. The fraction of sp³-hybridized carbons (Fsp3) is 0.375. The summed E-state index contributed by atoms with van der Waals surface area (Å²) in [5.74, 6) is 2.32. The van der Waals surface area contributed by atoms with Crippen LogP contribution in [0.1, 0.15) is 29.8 Å². The maximum absolute atomic E-state index is 14.3. The molecule has 0 amide bonds. The Balaban J connectivity index is 1.67. The van der Waals surface area contributed by atoms with Crippen LogP contribution < -0.4 is 4.74 Å². The van der Waals surface area contributed by atoms with E-state index < -0.39 is 29.0 Å². The van der Waals surface area contributed by atoms with Gasteiger partial charge in [-0.1, -0.05) is 30.0 Å². The number of hydrogen-bond donors (Lipinski definition) is 0. The Morgan fingerprint density at radius 1 is 1.16 bits per heavy atom. The SMILES string of the molecule is CC(C)(C#Cc1ccccc1)Oc1cc(C(=O)OCCN2CCOCC2)cc(F)c1F. The van der Waals surface area contributed by atoms with E-state index in [1.54, 1.807) is 13.8 Å². The summed E-state index contributed by atoms with van der Waals surface area (Å²) in [6.45, 7) is 6.76. The van der Waals surface area contributed by atoms with E-state index >= 15 is 0 Å². The van der Waals surface area contributed by atoms with Crippen molar-refractivity contribution in [1.82, 2.24) is 4.90 Å². The van der Waals surface area contributed by atoms with Crippen molar-refractivity contribution >= 4 is 5.97 Å². The minimum absolute atomic E-state index is 0.123. The molecule has 2 aromatic rings. The summed E-state index contributed by atoms with van der Waals surface area (Å²) in [6.07, 6.45) is 0. The lowest BCUT2D eigenvalue weighted by atomic mass is 10.1. The van der Waals surface area contributed by atoms with Crippen LogP contribution >= 0.6 is 0 Å². The monoisotopic (exact) mass is 429 g/mol. The fourth-order valence-corrected chi connectivity index (χ4v) is 2.98. The van der Waals surface area contributed by atoms with E-state index in [-0.39, 0.29) is 12.2 Å². The Morgan fingerprint density at radius 2 is 1.87 bits per heavy atom. The van der Waals surface area contributed by atoms with Gasteiger partial charge < -0.3 is 14.2 Å². The van der Waals surface area contributed by atoms with E-state index in [0.717, 1.165) is 30.8 Å². The van der Waals surface area contributed by atoms with Gasteiger partial charge in [0.2, 0.25) is 5.82 Å². The first-order valence-electron chi connectivity index (χ1n) is 10.1. The van der Waals surface area contributed by atoms with Crippen LogP contribution in [0.3, 0.4) is 0 Å². The van der Waals surface area contributed by atoms with Gasteiger partial charge in [-0.25, -0.2) is 9.18 Å². The van der Waals surface area contributed by atoms with Crippen molar-refractivity contribution in [2.75, 3.05) is 39.5 Å². The van der Waals surface area contributed by atoms with Crippen molar-refractivity contribution < 1.29 is 27.8 Å². The summed E-state index contributed by atoms with van der Waals surface area (Å²) < 4.78 is 44.5. The zero-order valence-electron chi connectivity index (χ0n) is 17.6. The molecule has 0 unspecified atom stereocenters. The quantitative estimate of drug-likeness (QED) is 0.518. The summed E-state index contributed by atoms with van der Waals surface area (Å²) in [7, 11) is 0. The molecule has 0 N–H and O–H groups in total. The number of nitrogens with zero attached hydrogens (tertiary/aromatic N) is 1. The number of benzene rings is 2. The van der Waals surface area contributed by atoms with E-state index in [9.17, 15) is 13.6 Å². The predicted molar refractivity (Wildman–Crippen MR) is 112 cm³/mol. The van der Waals surface area contributed by atoms with Gasteiger partial charge >= 0.3 is 5.97 Å². The number of hydrogen-bond acceptors (Lipinski definition) is 5. The van der Waals surface area contributed by atoms with E-state index in [1.807, 2.05) is 30.3 Å². The van der Waals surface area contributed by atoms with Gasteiger partial charge in [0, 0.05) is 25.2 Å². The first-order chi connectivity index (χ1) is 14.8. The molecule has 2 aromatic carbocycles. The van der Waals surface area contributed by atoms with Crippen molar-refractivity contribution in [3.8, 4) is 17.6 Å². The molecular weight excluding hydrogens is 404 g/mol. The molecule has 1 fully saturated rings. The lowest BCUT2D eigenvalue weighted by Crippen LogP contribution is -2.38. The van der Waals surface area contributed by atoms with Crippen LogP contribution in [0, 0.1) is 23.5 Å². The fourth-order valence-electron chi connectivity index (χ4n) is 2.98.